The third kappa shape index (κ3) is 3.69. The zero-order chi connectivity index (χ0) is 20.8. The predicted molar refractivity (Wildman–Crippen MR) is 108 cm³/mol. The standard InChI is InChI=1S/C21H24F3N5/c1-27-11-4-5-16(13-27)29(3)20-17-10-12-28(2)19(17)18(25-26-20)14-6-8-15(9-7-14)21(22,23)24/h6-10,12,16H,4-5,11,13H2,1-3H3/t16-/m1/s1. The van der Waals surface area contributed by atoms with E-state index in [1.54, 1.807) is 0 Å². The molecule has 2 aromatic heterocycles. The molecule has 1 saturated heterocycles. The van der Waals surface area contributed by atoms with E-state index in [0.29, 0.717) is 17.3 Å². The molecule has 29 heavy (non-hydrogen) atoms. The van der Waals surface area contributed by atoms with E-state index in [-0.39, 0.29) is 0 Å². The number of hydrogen-bond donors (Lipinski definition) is 0. The van der Waals surface area contributed by atoms with E-state index in [0.717, 1.165) is 54.8 Å². The second-order valence-electron chi connectivity index (χ2n) is 7.81. The predicted octanol–water partition coefficient (Wildman–Crippen LogP) is 4.18. The Kier molecular flexibility index (Phi) is 4.98. The van der Waals surface area contributed by atoms with E-state index in [1.807, 2.05) is 30.9 Å². The van der Waals surface area contributed by atoms with Crippen LogP contribution < -0.4 is 4.90 Å². The summed E-state index contributed by atoms with van der Waals surface area (Å²) in [6.07, 6.45) is -0.186. The molecule has 1 aliphatic rings. The lowest BCUT2D eigenvalue weighted by Gasteiger charge is -2.36. The van der Waals surface area contributed by atoms with Crippen LogP contribution in [0.5, 0.6) is 0 Å². The van der Waals surface area contributed by atoms with Gasteiger partial charge in [0.2, 0.25) is 0 Å². The first-order valence-corrected chi connectivity index (χ1v) is 9.66. The van der Waals surface area contributed by atoms with Crippen molar-refractivity contribution in [2.24, 2.45) is 7.05 Å². The molecule has 0 N–H and O–H groups in total. The van der Waals surface area contributed by atoms with E-state index in [9.17, 15) is 13.2 Å². The van der Waals surface area contributed by atoms with Crippen LogP contribution >= 0.6 is 0 Å². The number of piperidine rings is 1. The zero-order valence-corrected chi connectivity index (χ0v) is 16.7. The molecule has 0 spiro atoms. The Morgan fingerprint density at radius 1 is 1.07 bits per heavy atom. The summed E-state index contributed by atoms with van der Waals surface area (Å²) in [5.74, 6) is 0.802. The fraction of sp³-hybridized carbons (Fsp3) is 0.429. The summed E-state index contributed by atoms with van der Waals surface area (Å²) in [7, 11) is 6.07. The lowest BCUT2D eigenvalue weighted by Crippen LogP contribution is -2.45. The van der Waals surface area contributed by atoms with Crippen molar-refractivity contribution in [3.05, 3.63) is 42.1 Å². The largest absolute Gasteiger partial charge is 0.416 e. The molecule has 3 aromatic rings. The van der Waals surface area contributed by atoms with Crippen LogP contribution in [-0.4, -0.2) is 52.9 Å². The van der Waals surface area contributed by atoms with Gasteiger partial charge in [-0.3, -0.25) is 0 Å². The van der Waals surface area contributed by atoms with Crippen molar-refractivity contribution in [1.29, 1.82) is 0 Å². The number of anilines is 1. The SMILES string of the molecule is CN1CCC[C@@H](N(C)c2nnc(-c3ccc(C(F)(F)F)cc3)c3c2ccn3C)C1. The summed E-state index contributed by atoms with van der Waals surface area (Å²) in [5.41, 5.74) is 1.39. The molecule has 1 fully saturated rings. The van der Waals surface area contributed by atoms with Crippen LogP contribution in [0.3, 0.4) is 0 Å². The number of likely N-dealkylation sites (tertiary alicyclic amines) is 1. The summed E-state index contributed by atoms with van der Waals surface area (Å²) in [5, 5.41) is 9.87. The minimum absolute atomic E-state index is 0.350. The highest BCUT2D eigenvalue weighted by Crippen LogP contribution is 2.35. The molecule has 0 bridgehead atoms. The summed E-state index contributed by atoms with van der Waals surface area (Å²) in [6.45, 7) is 2.07. The molecule has 1 aromatic carbocycles. The van der Waals surface area contributed by atoms with Crippen molar-refractivity contribution >= 4 is 16.7 Å². The Morgan fingerprint density at radius 3 is 2.45 bits per heavy atom. The van der Waals surface area contributed by atoms with Crippen LogP contribution in [0.1, 0.15) is 18.4 Å². The lowest BCUT2D eigenvalue weighted by molar-refractivity contribution is -0.137. The first-order chi connectivity index (χ1) is 13.8. The van der Waals surface area contributed by atoms with Gasteiger partial charge in [-0.1, -0.05) is 12.1 Å². The van der Waals surface area contributed by atoms with Gasteiger partial charge in [0.25, 0.3) is 0 Å². The van der Waals surface area contributed by atoms with Gasteiger partial charge >= 0.3 is 6.18 Å². The Labute approximate surface area is 167 Å². The first kappa shape index (κ1) is 19.7. The molecule has 8 heteroatoms. The molecule has 0 aliphatic carbocycles. The first-order valence-electron chi connectivity index (χ1n) is 9.66. The normalized spacial score (nSPS) is 18.3. The number of rotatable bonds is 3. The van der Waals surface area contributed by atoms with Crippen molar-refractivity contribution in [2.75, 3.05) is 32.1 Å². The number of alkyl halides is 3. The van der Waals surface area contributed by atoms with E-state index in [4.69, 9.17) is 0 Å². The smallest absolute Gasteiger partial charge is 0.353 e. The monoisotopic (exact) mass is 403 g/mol. The molecular formula is C21H24F3N5. The van der Waals surface area contributed by atoms with Crippen LogP contribution in [0, 0.1) is 0 Å². The second kappa shape index (κ2) is 7.33. The number of benzene rings is 1. The quantitative estimate of drug-likeness (QED) is 0.657. The number of halogens is 3. The minimum atomic E-state index is -4.36. The van der Waals surface area contributed by atoms with Crippen molar-refractivity contribution in [2.45, 2.75) is 25.1 Å². The van der Waals surface area contributed by atoms with Crippen LogP contribution in [0.2, 0.25) is 0 Å². The number of aryl methyl sites for hydroxylation is 1. The minimum Gasteiger partial charge on any atom is -0.353 e. The number of fused-ring (bicyclic) bond motifs is 1. The Bertz CT molecular complexity index is 1010. The number of aromatic nitrogens is 3. The Hall–Kier alpha value is -2.61. The number of hydrogen-bond acceptors (Lipinski definition) is 4. The molecule has 1 aliphatic heterocycles. The third-order valence-corrected chi connectivity index (χ3v) is 5.75. The van der Waals surface area contributed by atoms with Gasteiger partial charge in [0, 0.05) is 43.8 Å². The molecule has 154 valence electrons. The van der Waals surface area contributed by atoms with E-state index in [2.05, 4.69) is 27.0 Å². The zero-order valence-electron chi connectivity index (χ0n) is 16.7. The van der Waals surface area contributed by atoms with Gasteiger partial charge in [0.1, 0.15) is 5.69 Å². The van der Waals surface area contributed by atoms with Gasteiger partial charge in [-0.15, -0.1) is 10.2 Å². The molecule has 3 heterocycles. The average Bonchev–Trinajstić information content (AvgIpc) is 3.08. The van der Waals surface area contributed by atoms with Crippen molar-refractivity contribution < 1.29 is 13.2 Å². The molecule has 1 atom stereocenters. The van der Waals surface area contributed by atoms with Gasteiger partial charge in [-0.2, -0.15) is 13.2 Å². The molecule has 5 nitrogen and oxygen atoms in total. The molecule has 0 amide bonds. The molecule has 4 rings (SSSR count). The van der Waals surface area contributed by atoms with Crippen molar-refractivity contribution in [3.63, 3.8) is 0 Å². The molecule has 0 unspecified atom stereocenters. The van der Waals surface area contributed by atoms with E-state index in [1.165, 1.54) is 12.1 Å². The maximum absolute atomic E-state index is 12.9. The van der Waals surface area contributed by atoms with Gasteiger partial charge < -0.3 is 14.4 Å². The van der Waals surface area contributed by atoms with Gasteiger partial charge in [0.05, 0.1) is 11.1 Å². The Morgan fingerprint density at radius 2 is 1.79 bits per heavy atom. The van der Waals surface area contributed by atoms with Crippen molar-refractivity contribution in [3.8, 4) is 11.3 Å². The number of likely N-dealkylation sites (N-methyl/N-ethyl adjacent to an activating group) is 2. The fourth-order valence-corrected chi connectivity index (χ4v) is 4.10. The molecule has 0 saturated carbocycles. The lowest BCUT2D eigenvalue weighted by atomic mass is 10.0. The maximum Gasteiger partial charge on any atom is 0.416 e. The summed E-state index contributed by atoms with van der Waals surface area (Å²) < 4.78 is 40.6. The number of nitrogens with zero attached hydrogens (tertiary/aromatic N) is 5. The highest BCUT2D eigenvalue weighted by atomic mass is 19.4. The van der Waals surface area contributed by atoms with E-state index >= 15 is 0 Å². The van der Waals surface area contributed by atoms with Crippen LogP contribution in [0.25, 0.3) is 22.2 Å². The van der Waals surface area contributed by atoms with Gasteiger partial charge in [0.15, 0.2) is 5.82 Å². The summed E-state index contributed by atoms with van der Waals surface area (Å²) in [4.78, 5) is 4.50. The maximum atomic E-state index is 12.9. The van der Waals surface area contributed by atoms with Crippen LogP contribution in [-0.2, 0) is 13.2 Å². The van der Waals surface area contributed by atoms with E-state index < -0.39 is 11.7 Å². The molecular weight excluding hydrogens is 379 g/mol. The summed E-state index contributed by atoms with van der Waals surface area (Å²) >= 11 is 0. The fourth-order valence-electron chi connectivity index (χ4n) is 4.10. The topological polar surface area (TPSA) is 37.2 Å². The highest BCUT2D eigenvalue weighted by Gasteiger charge is 2.30. The van der Waals surface area contributed by atoms with Crippen molar-refractivity contribution in [1.82, 2.24) is 19.7 Å². The van der Waals surface area contributed by atoms with Crippen LogP contribution in [0.15, 0.2) is 36.5 Å². The Balaban J connectivity index is 1.75. The third-order valence-electron chi connectivity index (χ3n) is 5.75. The van der Waals surface area contributed by atoms with Crippen LogP contribution in [0.4, 0.5) is 19.0 Å². The second-order valence-corrected chi connectivity index (χ2v) is 7.81. The van der Waals surface area contributed by atoms with Gasteiger partial charge in [-0.25, -0.2) is 0 Å². The van der Waals surface area contributed by atoms with Gasteiger partial charge in [-0.05, 0) is 44.6 Å². The average molecular weight is 403 g/mol. The highest BCUT2D eigenvalue weighted by molar-refractivity contribution is 5.98. The summed E-state index contributed by atoms with van der Waals surface area (Å²) in [6, 6.07) is 7.43. The molecule has 0 radical (unpaired) electrons.